The van der Waals surface area contributed by atoms with Crippen LogP contribution in [0.2, 0.25) is 0 Å². The highest BCUT2D eigenvalue weighted by molar-refractivity contribution is 5.90. The van der Waals surface area contributed by atoms with E-state index in [4.69, 9.17) is 15.2 Å². The van der Waals surface area contributed by atoms with Gasteiger partial charge in [0.1, 0.15) is 0 Å². The van der Waals surface area contributed by atoms with Gasteiger partial charge in [-0.25, -0.2) is 4.79 Å². The molecule has 0 aliphatic carbocycles. The van der Waals surface area contributed by atoms with Crippen molar-refractivity contribution in [2.75, 3.05) is 18.9 Å². The Labute approximate surface area is 107 Å². The van der Waals surface area contributed by atoms with E-state index in [1.165, 1.54) is 0 Å². The second kappa shape index (κ2) is 6.40. The standard InChI is InChI=1S/C14H19NO3/c15-12-5-1-4-11(10-12)14(16)18-9-3-7-13-6-2-8-17-13/h1,4-5,10,13H,2-3,6-9,15H2. The van der Waals surface area contributed by atoms with Gasteiger partial charge < -0.3 is 15.2 Å². The SMILES string of the molecule is Nc1cccc(C(=O)OCCCC2CCCO2)c1. The molecule has 98 valence electrons. The molecular weight excluding hydrogens is 230 g/mol. The third-order valence-corrected chi connectivity index (χ3v) is 3.05. The van der Waals surface area contributed by atoms with E-state index in [9.17, 15) is 4.79 Å². The molecule has 0 spiro atoms. The zero-order valence-electron chi connectivity index (χ0n) is 10.4. The number of carbonyl (C=O) groups is 1. The molecule has 4 heteroatoms. The Morgan fingerprint density at radius 1 is 1.50 bits per heavy atom. The van der Waals surface area contributed by atoms with Gasteiger partial charge in [0, 0.05) is 12.3 Å². The Balaban J connectivity index is 1.68. The fourth-order valence-electron chi connectivity index (χ4n) is 2.10. The van der Waals surface area contributed by atoms with Crippen molar-refractivity contribution in [2.45, 2.75) is 31.8 Å². The van der Waals surface area contributed by atoms with Gasteiger partial charge in [-0.2, -0.15) is 0 Å². The van der Waals surface area contributed by atoms with Gasteiger partial charge in [-0.15, -0.1) is 0 Å². The van der Waals surface area contributed by atoms with E-state index >= 15 is 0 Å². The molecule has 0 amide bonds. The van der Waals surface area contributed by atoms with Crippen molar-refractivity contribution < 1.29 is 14.3 Å². The van der Waals surface area contributed by atoms with Crippen LogP contribution in [0.1, 0.15) is 36.0 Å². The predicted octanol–water partition coefficient (Wildman–Crippen LogP) is 2.38. The third kappa shape index (κ3) is 3.74. The molecule has 0 radical (unpaired) electrons. The number of hydrogen-bond donors (Lipinski definition) is 1. The van der Waals surface area contributed by atoms with Crippen molar-refractivity contribution in [3.8, 4) is 0 Å². The van der Waals surface area contributed by atoms with Crippen LogP contribution in [0.4, 0.5) is 5.69 Å². The van der Waals surface area contributed by atoms with E-state index in [2.05, 4.69) is 0 Å². The Morgan fingerprint density at radius 2 is 2.39 bits per heavy atom. The molecule has 1 aromatic rings. The van der Waals surface area contributed by atoms with Gasteiger partial charge >= 0.3 is 5.97 Å². The quantitative estimate of drug-likeness (QED) is 0.494. The largest absolute Gasteiger partial charge is 0.462 e. The first-order chi connectivity index (χ1) is 8.75. The number of esters is 1. The second-order valence-electron chi connectivity index (χ2n) is 4.54. The molecule has 1 aromatic carbocycles. The monoisotopic (exact) mass is 249 g/mol. The number of hydrogen-bond acceptors (Lipinski definition) is 4. The number of anilines is 1. The van der Waals surface area contributed by atoms with Crippen molar-refractivity contribution in [2.24, 2.45) is 0 Å². The normalized spacial score (nSPS) is 18.8. The highest BCUT2D eigenvalue weighted by atomic mass is 16.5. The lowest BCUT2D eigenvalue weighted by Gasteiger charge is -2.09. The van der Waals surface area contributed by atoms with Crippen LogP contribution in [0.3, 0.4) is 0 Å². The summed E-state index contributed by atoms with van der Waals surface area (Å²) in [6.07, 6.45) is 4.44. The molecular formula is C14H19NO3. The first-order valence-corrected chi connectivity index (χ1v) is 6.40. The fourth-order valence-corrected chi connectivity index (χ4v) is 2.10. The minimum atomic E-state index is -0.311. The first-order valence-electron chi connectivity index (χ1n) is 6.40. The minimum absolute atomic E-state index is 0.311. The molecule has 1 unspecified atom stereocenters. The van der Waals surface area contributed by atoms with Gasteiger partial charge in [-0.3, -0.25) is 0 Å². The smallest absolute Gasteiger partial charge is 0.338 e. The number of ether oxygens (including phenoxy) is 2. The Morgan fingerprint density at radius 3 is 3.11 bits per heavy atom. The third-order valence-electron chi connectivity index (χ3n) is 3.05. The van der Waals surface area contributed by atoms with Gasteiger partial charge in [0.2, 0.25) is 0 Å². The molecule has 1 fully saturated rings. The summed E-state index contributed by atoms with van der Waals surface area (Å²) < 4.78 is 10.7. The van der Waals surface area contributed by atoms with Crippen molar-refractivity contribution in [1.82, 2.24) is 0 Å². The summed E-state index contributed by atoms with van der Waals surface area (Å²) in [5.41, 5.74) is 6.69. The van der Waals surface area contributed by atoms with Crippen LogP contribution < -0.4 is 5.73 Å². The Kier molecular flexibility index (Phi) is 4.59. The molecule has 2 N–H and O–H groups in total. The average molecular weight is 249 g/mol. The molecule has 1 aliphatic rings. The maximum Gasteiger partial charge on any atom is 0.338 e. The summed E-state index contributed by atoms with van der Waals surface area (Å²) >= 11 is 0. The summed E-state index contributed by atoms with van der Waals surface area (Å²) in [4.78, 5) is 11.7. The zero-order valence-corrected chi connectivity index (χ0v) is 10.4. The van der Waals surface area contributed by atoms with E-state index in [-0.39, 0.29) is 5.97 Å². The number of rotatable bonds is 5. The average Bonchev–Trinajstić information content (AvgIpc) is 2.87. The van der Waals surface area contributed by atoms with E-state index in [1.54, 1.807) is 24.3 Å². The number of nitrogen functional groups attached to an aromatic ring is 1. The highest BCUT2D eigenvalue weighted by Crippen LogP contribution is 2.17. The van der Waals surface area contributed by atoms with E-state index in [0.717, 1.165) is 32.3 Å². The Hall–Kier alpha value is -1.55. The van der Waals surface area contributed by atoms with Crippen molar-refractivity contribution >= 4 is 11.7 Å². The lowest BCUT2D eigenvalue weighted by molar-refractivity contribution is 0.0461. The molecule has 4 nitrogen and oxygen atoms in total. The van der Waals surface area contributed by atoms with Crippen LogP contribution in [-0.2, 0) is 9.47 Å². The zero-order chi connectivity index (χ0) is 12.8. The maximum atomic E-state index is 11.7. The van der Waals surface area contributed by atoms with Gasteiger partial charge in [0.05, 0.1) is 18.3 Å². The van der Waals surface area contributed by atoms with Crippen LogP contribution in [0.15, 0.2) is 24.3 Å². The summed E-state index contributed by atoms with van der Waals surface area (Å²) in [5.74, 6) is -0.311. The maximum absolute atomic E-state index is 11.7. The Bertz CT molecular complexity index is 400. The minimum Gasteiger partial charge on any atom is -0.462 e. The molecule has 1 heterocycles. The molecule has 1 atom stereocenters. The van der Waals surface area contributed by atoms with Crippen molar-refractivity contribution in [1.29, 1.82) is 0 Å². The fraction of sp³-hybridized carbons (Fsp3) is 0.500. The molecule has 1 saturated heterocycles. The van der Waals surface area contributed by atoms with Crippen LogP contribution in [0.25, 0.3) is 0 Å². The van der Waals surface area contributed by atoms with Crippen LogP contribution in [-0.4, -0.2) is 25.3 Å². The van der Waals surface area contributed by atoms with Crippen LogP contribution in [0, 0.1) is 0 Å². The predicted molar refractivity (Wildman–Crippen MR) is 69.3 cm³/mol. The lowest BCUT2D eigenvalue weighted by atomic mass is 10.1. The number of nitrogens with two attached hydrogens (primary N) is 1. The number of benzene rings is 1. The highest BCUT2D eigenvalue weighted by Gasteiger charge is 2.15. The van der Waals surface area contributed by atoms with Crippen LogP contribution in [0.5, 0.6) is 0 Å². The molecule has 0 aromatic heterocycles. The topological polar surface area (TPSA) is 61.6 Å². The van der Waals surface area contributed by atoms with Gasteiger partial charge in [-0.05, 0) is 43.9 Å². The summed E-state index contributed by atoms with van der Waals surface area (Å²) in [7, 11) is 0. The van der Waals surface area contributed by atoms with Gasteiger partial charge in [-0.1, -0.05) is 6.07 Å². The molecule has 0 bridgehead atoms. The summed E-state index contributed by atoms with van der Waals surface area (Å²) in [6.45, 7) is 1.31. The van der Waals surface area contributed by atoms with Gasteiger partial charge in [0.15, 0.2) is 0 Å². The molecule has 1 aliphatic heterocycles. The van der Waals surface area contributed by atoms with Gasteiger partial charge in [0.25, 0.3) is 0 Å². The molecule has 2 rings (SSSR count). The molecule has 18 heavy (non-hydrogen) atoms. The molecule has 0 saturated carbocycles. The van der Waals surface area contributed by atoms with E-state index < -0.39 is 0 Å². The van der Waals surface area contributed by atoms with Crippen molar-refractivity contribution in [3.05, 3.63) is 29.8 Å². The second-order valence-corrected chi connectivity index (χ2v) is 4.54. The summed E-state index contributed by atoms with van der Waals surface area (Å²) in [5, 5.41) is 0. The first kappa shape index (κ1) is 12.9. The lowest BCUT2D eigenvalue weighted by Crippen LogP contribution is -2.10. The van der Waals surface area contributed by atoms with Crippen molar-refractivity contribution in [3.63, 3.8) is 0 Å². The summed E-state index contributed by atoms with van der Waals surface area (Å²) in [6, 6.07) is 6.83. The van der Waals surface area contributed by atoms with Crippen LogP contribution >= 0.6 is 0 Å². The van der Waals surface area contributed by atoms with E-state index in [1.807, 2.05) is 0 Å². The van der Waals surface area contributed by atoms with E-state index in [0.29, 0.717) is 24.0 Å². The number of carbonyl (C=O) groups excluding carboxylic acids is 1.